The summed E-state index contributed by atoms with van der Waals surface area (Å²) in [5.74, 6) is 0. The highest BCUT2D eigenvalue weighted by Crippen LogP contribution is 2.15. The number of anilines is 1. The van der Waals surface area contributed by atoms with Gasteiger partial charge in [0.2, 0.25) is 0 Å². The Morgan fingerprint density at radius 3 is 2.32 bits per heavy atom. The first-order valence-corrected chi connectivity index (χ1v) is 8.03. The molecule has 0 aliphatic heterocycles. The Labute approximate surface area is 143 Å². The molecule has 0 bridgehead atoms. The summed E-state index contributed by atoms with van der Waals surface area (Å²) in [7, 11) is 0. The van der Waals surface area contributed by atoms with Crippen LogP contribution in [0.5, 0.6) is 0 Å². The van der Waals surface area contributed by atoms with Gasteiger partial charge in [0, 0.05) is 17.8 Å². The van der Waals surface area contributed by atoms with Gasteiger partial charge in [-0.1, -0.05) is 18.2 Å². The lowest BCUT2D eigenvalue weighted by molar-refractivity contribution is 0.292. The molecule has 0 spiro atoms. The number of thiocarbonyl (C=S) groups is 2. The van der Waals surface area contributed by atoms with E-state index in [0.717, 1.165) is 11.3 Å². The average Bonchev–Trinajstić information content (AvgIpc) is 2.40. The molecule has 0 atom stereocenters. The molecule has 1 rings (SSSR count). The first-order valence-electron chi connectivity index (χ1n) is 7.22. The second-order valence-corrected chi connectivity index (χ2v) is 6.27. The first-order chi connectivity index (χ1) is 10.4. The van der Waals surface area contributed by atoms with Crippen LogP contribution in [-0.4, -0.2) is 27.2 Å². The van der Waals surface area contributed by atoms with Crippen LogP contribution < -0.4 is 10.6 Å². The van der Waals surface area contributed by atoms with Crippen LogP contribution in [0.3, 0.4) is 0 Å². The summed E-state index contributed by atoms with van der Waals surface area (Å²) < 4.78 is 0. The van der Waals surface area contributed by atoms with Crippen molar-refractivity contribution in [3.8, 4) is 6.07 Å². The van der Waals surface area contributed by atoms with Gasteiger partial charge in [0.1, 0.15) is 0 Å². The molecule has 1 aromatic rings. The summed E-state index contributed by atoms with van der Waals surface area (Å²) >= 11 is 10.8. The molecule has 0 aliphatic rings. The second kappa shape index (κ2) is 8.66. The highest BCUT2D eigenvalue weighted by atomic mass is 32.1. The zero-order valence-electron chi connectivity index (χ0n) is 13.4. The molecule has 4 nitrogen and oxygen atoms in total. The predicted molar refractivity (Wildman–Crippen MR) is 99.8 cm³/mol. The molecule has 22 heavy (non-hydrogen) atoms. The molecule has 1 aromatic carbocycles. The maximum Gasteiger partial charge on any atom is 0.177 e. The molecular weight excluding hydrogens is 312 g/mol. The lowest BCUT2D eigenvalue weighted by atomic mass is 10.1. The Morgan fingerprint density at radius 2 is 1.77 bits per heavy atom. The Bertz CT molecular complexity index is 568. The van der Waals surface area contributed by atoms with Gasteiger partial charge in [-0.25, -0.2) is 0 Å². The van der Waals surface area contributed by atoms with Crippen LogP contribution >= 0.6 is 24.4 Å². The molecule has 0 aliphatic carbocycles. The van der Waals surface area contributed by atoms with Crippen molar-refractivity contribution >= 4 is 40.3 Å². The summed E-state index contributed by atoms with van der Waals surface area (Å²) in [6.45, 7) is 8.36. The van der Waals surface area contributed by atoms with Crippen molar-refractivity contribution in [3.05, 3.63) is 29.8 Å². The minimum Gasteiger partial charge on any atom is -0.344 e. The van der Waals surface area contributed by atoms with Crippen molar-refractivity contribution in [2.45, 2.75) is 46.2 Å². The first kappa shape index (κ1) is 18.3. The molecular formula is C16H22N4S2. The smallest absolute Gasteiger partial charge is 0.177 e. The van der Waals surface area contributed by atoms with Gasteiger partial charge in [0.25, 0.3) is 0 Å². The van der Waals surface area contributed by atoms with Gasteiger partial charge in [-0.15, -0.1) is 0 Å². The van der Waals surface area contributed by atoms with Gasteiger partial charge in [0.15, 0.2) is 10.2 Å². The Hall–Kier alpha value is -1.71. The van der Waals surface area contributed by atoms with Crippen LogP contribution in [-0.2, 0) is 6.42 Å². The van der Waals surface area contributed by atoms with Crippen molar-refractivity contribution in [1.82, 2.24) is 10.2 Å². The number of hydrogen-bond acceptors (Lipinski definition) is 3. The molecule has 0 saturated carbocycles. The van der Waals surface area contributed by atoms with Crippen molar-refractivity contribution < 1.29 is 0 Å². The number of nitrogens with zero attached hydrogens (tertiary/aromatic N) is 2. The van der Waals surface area contributed by atoms with E-state index in [4.69, 9.17) is 29.7 Å². The molecule has 118 valence electrons. The van der Waals surface area contributed by atoms with E-state index in [2.05, 4.69) is 49.3 Å². The summed E-state index contributed by atoms with van der Waals surface area (Å²) in [5.41, 5.74) is 1.73. The molecule has 0 amide bonds. The molecule has 0 fully saturated rings. The van der Waals surface area contributed by atoms with Gasteiger partial charge in [0.05, 0.1) is 12.5 Å². The van der Waals surface area contributed by atoms with E-state index >= 15 is 0 Å². The SMILES string of the molecule is CC(C)N(C(=S)NC(=S)Nc1ccccc1CC#N)C(C)C. The van der Waals surface area contributed by atoms with E-state index in [9.17, 15) is 0 Å². The maximum absolute atomic E-state index is 8.86. The van der Waals surface area contributed by atoms with Crippen molar-refractivity contribution in [1.29, 1.82) is 5.26 Å². The van der Waals surface area contributed by atoms with Gasteiger partial charge < -0.3 is 15.5 Å². The highest BCUT2D eigenvalue weighted by Gasteiger charge is 2.17. The summed E-state index contributed by atoms with van der Waals surface area (Å²) in [6, 6.07) is 10.3. The fourth-order valence-corrected chi connectivity index (χ4v) is 3.06. The summed E-state index contributed by atoms with van der Waals surface area (Å²) in [6.07, 6.45) is 0.334. The zero-order valence-corrected chi connectivity index (χ0v) is 15.0. The van der Waals surface area contributed by atoms with Gasteiger partial charge in [-0.05, 0) is 63.8 Å². The third-order valence-corrected chi connectivity index (χ3v) is 3.62. The van der Waals surface area contributed by atoms with Gasteiger partial charge in [-0.2, -0.15) is 5.26 Å². The zero-order chi connectivity index (χ0) is 16.7. The minimum absolute atomic E-state index is 0.286. The fourth-order valence-electron chi connectivity index (χ4n) is 2.26. The number of nitriles is 1. The molecule has 0 radical (unpaired) electrons. The van der Waals surface area contributed by atoms with E-state index < -0.39 is 0 Å². The number of para-hydroxylation sites is 1. The number of hydrogen-bond donors (Lipinski definition) is 2. The van der Waals surface area contributed by atoms with E-state index in [1.54, 1.807) is 0 Å². The number of nitrogens with one attached hydrogen (secondary N) is 2. The summed E-state index contributed by atoms with van der Waals surface area (Å²) in [4.78, 5) is 2.09. The second-order valence-electron chi connectivity index (χ2n) is 5.47. The molecule has 0 unspecified atom stereocenters. The van der Waals surface area contributed by atoms with Crippen molar-refractivity contribution in [2.24, 2.45) is 0 Å². The van der Waals surface area contributed by atoms with Gasteiger partial charge in [-0.3, -0.25) is 0 Å². The Morgan fingerprint density at radius 1 is 1.18 bits per heavy atom. The number of benzene rings is 1. The quantitative estimate of drug-likeness (QED) is 0.823. The van der Waals surface area contributed by atoms with Crippen LogP contribution in [0.25, 0.3) is 0 Å². The van der Waals surface area contributed by atoms with Crippen LogP contribution in [0.4, 0.5) is 5.69 Å². The summed E-state index contributed by atoms with van der Waals surface area (Å²) in [5, 5.41) is 16.1. The van der Waals surface area contributed by atoms with Crippen LogP contribution in [0.2, 0.25) is 0 Å². The largest absolute Gasteiger partial charge is 0.344 e. The van der Waals surface area contributed by atoms with E-state index in [1.807, 2.05) is 24.3 Å². The predicted octanol–water partition coefficient (Wildman–Crippen LogP) is 3.44. The molecule has 6 heteroatoms. The third kappa shape index (κ3) is 5.24. The Balaban J connectivity index is 2.75. The molecule has 0 saturated heterocycles. The maximum atomic E-state index is 8.86. The van der Waals surface area contributed by atoms with Crippen LogP contribution in [0.15, 0.2) is 24.3 Å². The lowest BCUT2D eigenvalue weighted by Gasteiger charge is -2.33. The standard InChI is InChI=1S/C16H22N4S2/c1-11(2)20(12(3)4)16(22)19-15(21)18-14-8-6-5-7-13(14)9-10-17/h5-8,11-12H,9H2,1-4H3,(H2,18,19,21,22). The molecule has 0 aromatic heterocycles. The van der Waals surface area contributed by atoms with Crippen molar-refractivity contribution in [3.63, 3.8) is 0 Å². The lowest BCUT2D eigenvalue weighted by Crippen LogP contribution is -2.50. The Kier molecular flexibility index (Phi) is 7.22. The van der Waals surface area contributed by atoms with E-state index in [0.29, 0.717) is 16.6 Å². The third-order valence-electron chi connectivity index (χ3n) is 3.10. The fraction of sp³-hybridized carbons (Fsp3) is 0.438. The highest BCUT2D eigenvalue weighted by molar-refractivity contribution is 7.82. The molecule has 2 N–H and O–H groups in total. The molecule has 0 heterocycles. The van der Waals surface area contributed by atoms with Crippen LogP contribution in [0, 0.1) is 11.3 Å². The van der Waals surface area contributed by atoms with Crippen LogP contribution in [0.1, 0.15) is 33.3 Å². The minimum atomic E-state index is 0.286. The van der Waals surface area contributed by atoms with Crippen molar-refractivity contribution in [2.75, 3.05) is 5.32 Å². The van der Waals surface area contributed by atoms with Gasteiger partial charge >= 0.3 is 0 Å². The number of rotatable bonds is 4. The van der Waals surface area contributed by atoms with E-state index in [-0.39, 0.29) is 12.1 Å². The average molecular weight is 335 g/mol. The monoisotopic (exact) mass is 334 g/mol. The normalized spacial score (nSPS) is 10.2. The van der Waals surface area contributed by atoms with E-state index in [1.165, 1.54) is 0 Å². The topological polar surface area (TPSA) is 51.1 Å².